The number of rotatable bonds is 6. The Morgan fingerprint density at radius 3 is 2.56 bits per heavy atom. The molecule has 3 rings (SSSR count). The molecule has 5 heteroatoms. The number of carbonyl (C=O) groups excluding carboxylic acids is 1. The highest BCUT2D eigenvalue weighted by Gasteiger charge is 2.09. The molecular formula is C20H23N3O2. The number of carbonyl (C=O) groups is 1. The van der Waals surface area contributed by atoms with Gasteiger partial charge in [-0.15, -0.1) is 0 Å². The third kappa shape index (κ3) is 4.18. The minimum atomic E-state index is -0.00114. The number of imidazole rings is 1. The number of ether oxygens (including phenoxy) is 1. The van der Waals surface area contributed by atoms with Crippen molar-refractivity contribution in [2.24, 2.45) is 0 Å². The normalized spacial score (nSPS) is 11.0. The highest BCUT2D eigenvalue weighted by atomic mass is 16.5. The van der Waals surface area contributed by atoms with E-state index in [-0.39, 0.29) is 5.91 Å². The standard InChI is InChI=1S/C20H23N3O2/c1-13(2)20-22-17-9-6-15(10-18(17)23-20)11-19(24)21-12-14-4-7-16(25-3)8-5-14/h4-10,13H,11-12H2,1-3H3,(H,21,24)(H,22,23). The van der Waals surface area contributed by atoms with Crippen LogP contribution in [0.15, 0.2) is 42.5 Å². The SMILES string of the molecule is COc1ccc(CNC(=O)Cc2ccc3nc(C(C)C)[nH]c3c2)cc1. The van der Waals surface area contributed by atoms with Gasteiger partial charge < -0.3 is 15.0 Å². The summed E-state index contributed by atoms with van der Waals surface area (Å²) in [5, 5.41) is 2.95. The van der Waals surface area contributed by atoms with E-state index in [2.05, 4.69) is 29.1 Å². The molecule has 0 aliphatic heterocycles. The van der Waals surface area contributed by atoms with E-state index in [0.29, 0.717) is 18.9 Å². The molecule has 0 bridgehead atoms. The minimum Gasteiger partial charge on any atom is -0.497 e. The summed E-state index contributed by atoms with van der Waals surface area (Å²) >= 11 is 0. The Kier molecular flexibility index (Phi) is 5.03. The molecule has 0 radical (unpaired) electrons. The number of nitrogens with zero attached hydrogens (tertiary/aromatic N) is 1. The van der Waals surface area contributed by atoms with Crippen LogP contribution in [0.3, 0.4) is 0 Å². The van der Waals surface area contributed by atoms with Gasteiger partial charge in [-0.25, -0.2) is 4.98 Å². The van der Waals surface area contributed by atoms with Crippen molar-refractivity contribution in [1.82, 2.24) is 15.3 Å². The zero-order chi connectivity index (χ0) is 17.8. The average molecular weight is 337 g/mol. The quantitative estimate of drug-likeness (QED) is 0.723. The first-order valence-corrected chi connectivity index (χ1v) is 8.43. The monoisotopic (exact) mass is 337 g/mol. The summed E-state index contributed by atoms with van der Waals surface area (Å²) in [5.41, 5.74) is 3.92. The number of H-pyrrole nitrogens is 1. The van der Waals surface area contributed by atoms with E-state index >= 15 is 0 Å². The third-order valence-electron chi connectivity index (χ3n) is 4.12. The maximum absolute atomic E-state index is 12.2. The van der Waals surface area contributed by atoms with Crippen LogP contribution in [0.1, 0.15) is 36.7 Å². The summed E-state index contributed by atoms with van der Waals surface area (Å²) in [6.07, 6.45) is 0.349. The van der Waals surface area contributed by atoms with Crippen LogP contribution in [0.2, 0.25) is 0 Å². The van der Waals surface area contributed by atoms with Crippen molar-refractivity contribution in [1.29, 1.82) is 0 Å². The molecule has 1 amide bonds. The lowest BCUT2D eigenvalue weighted by molar-refractivity contribution is -0.120. The summed E-state index contributed by atoms with van der Waals surface area (Å²) in [7, 11) is 1.64. The second-order valence-electron chi connectivity index (χ2n) is 6.43. The highest BCUT2D eigenvalue weighted by Crippen LogP contribution is 2.18. The molecule has 130 valence electrons. The van der Waals surface area contributed by atoms with Crippen molar-refractivity contribution in [2.45, 2.75) is 32.7 Å². The lowest BCUT2D eigenvalue weighted by Crippen LogP contribution is -2.24. The summed E-state index contributed by atoms with van der Waals surface area (Å²) in [4.78, 5) is 20.1. The Morgan fingerprint density at radius 1 is 1.16 bits per heavy atom. The Labute approximate surface area is 147 Å². The van der Waals surface area contributed by atoms with Crippen molar-refractivity contribution in [3.63, 3.8) is 0 Å². The molecule has 0 saturated heterocycles. The Hall–Kier alpha value is -2.82. The van der Waals surface area contributed by atoms with Gasteiger partial charge in [0.05, 0.1) is 24.6 Å². The molecule has 2 N–H and O–H groups in total. The van der Waals surface area contributed by atoms with Gasteiger partial charge in [0, 0.05) is 12.5 Å². The molecule has 25 heavy (non-hydrogen) atoms. The first-order valence-electron chi connectivity index (χ1n) is 8.43. The summed E-state index contributed by atoms with van der Waals surface area (Å²) in [6.45, 7) is 4.71. The van der Waals surface area contributed by atoms with Gasteiger partial charge in [-0.1, -0.05) is 32.0 Å². The maximum atomic E-state index is 12.2. The lowest BCUT2D eigenvalue weighted by Gasteiger charge is -2.06. The molecule has 1 aromatic heterocycles. The van der Waals surface area contributed by atoms with E-state index in [0.717, 1.165) is 33.7 Å². The van der Waals surface area contributed by atoms with E-state index < -0.39 is 0 Å². The lowest BCUT2D eigenvalue weighted by atomic mass is 10.1. The van der Waals surface area contributed by atoms with Crippen molar-refractivity contribution < 1.29 is 9.53 Å². The van der Waals surface area contributed by atoms with Crippen molar-refractivity contribution >= 4 is 16.9 Å². The molecule has 5 nitrogen and oxygen atoms in total. The van der Waals surface area contributed by atoms with E-state index in [1.807, 2.05) is 42.5 Å². The van der Waals surface area contributed by atoms with Gasteiger partial charge >= 0.3 is 0 Å². The fourth-order valence-electron chi connectivity index (χ4n) is 2.65. The molecule has 0 aliphatic carbocycles. The second-order valence-corrected chi connectivity index (χ2v) is 6.43. The summed E-state index contributed by atoms with van der Waals surface area (Å²) < 4.78 is 5.13. The number of hydrogen-bond acceptors (Lipinski definition) is 3. The van der Waals surface area contributed by atoms with Crippen molar-refractivity contribution in [3.8, 4) is 5.75 Å². The average Bonchev–Trinajstić information content (AvgIpc) is 3.04. The molecule has 0 spiro atoms. The molecule has 2 aromatic carbocycles. The number of amides is 1. The van der Waals surface area contributed by atoms with Gasteiger partial charge in [0.2, 0.25) is 5.91 Å². The highest BCUT2D eigenvalue weighted by molar-refractivity contribution is 5.81. The summed E-state index contributed by atoms with van der Waals surface area (Å²) in [5.74, 6) is 2.13. The van der Waals surface area contributed by atoms with Crippen molar-refractivity contribution in [2.75, 3.05) is 7.11 Å². The number of aromatic nitrogens is 2. The van der Waals surface area contributed by atoms with E-state index in [9.17, 15) is 4.79 Å². The van der Waals surface area contributed by atoms with Crippen LogP contribution in [0.25, 0.3) is 11.0 Å². The van der Waals surface area contributed by atoms with Gasteiger partial charge in [0.15, 0.2) is 0 Å². The predicted octanol–water partition coefficient (Wildman–Crippen LogP) is 3.55. The van der Waals surface area contributed by atoms with Gasteiger partial charge in [-0.05, 0) is 35.4 Å². The Morgan fingerprint density at radius 2 is 1.88 bits per heavy atom. The van der Waals surface area contributed by atoms with Crippen LogP contribution >= 0.6 is 0 Å². The number of fused-ring (bicyclic) bond motifs is 1. The fraction of sp³-hybridized carbons (Fsp3) is 0.300. The number of methoxy groups -OCH3 is 1. The number of aromatic amines is 1. The second kappa shape index (κ2) is 7.38. The Balaban J connectivity index is 1.60. The molecule has 3 aromatic rings. The minimum absolute atomic E-state index is 0.00114. The van der Waals surface area contributed by atoms with Crippen LogP contribution in [0.5, 0.6) is 5.75 Å². The van der Waals surface area contributed by atoms with Gasteiger partial charge in [-0.3, -0.25) is 4.79 Å². The number of hydrogen-bond donors (Lipinski definition) is 2. The van der Waals surface area contributed by atoms with E-state index in [1.54, 1.807) is 7.11 Å². The maximum Gasteiger partial charge on any atom is 0.224 e. The zero-order valence-electron chi connectivity index (χ0n) is 14.8. The molecule has 1 heterocycles. The zero-order valence-corrected chi connectivity index (χ0v) is 14.8. The Bertz CT molecular complexity index is 866. The largest absolute Gasteiger partial charge is 0.497 e. The smallest absolute Gasteiger partial charge is 0.224 e. The van der Waals surface area contributed by atoms with Crippen LogP contribution in [0.4, 0.5) is 0 Å². The van der Waals surface area contributed by atoms with Crippen LogP contribution in [-0.2, 0) is 17.8 Å². The molecule has 0 atom stereocenters. The van der Waals surface area contributed by atoms with Crippen LogP contribution in [0, 0.1) is 0 Å². The predicted molar refractivity (Wildman–Crippen MR) is 98.7 cm³/mol. The van der Waals surface area contributed by atoms with Crippen LogP contribution < -0.4 is 10.1 Å². The molecule has 0 fully saturated rings. The van der Waals surface area contributed by atoms with Crippen LogP contribution in [-0.4, -0.2) is 23.0 Å². The summed E-state index contributed by atoms with van der Waals surface area (Å²) in [6, 6.07) is 13.6. The van der Waals surface area contributed by atoms with E-state index in [1.165, 1.54) is 0 Å². The van der Waals surface area contributed by atoms with Gasteiger partial charge in [-0.2, -0.15) is 0 Å². The van der Waals surface area contributed by atoms with E-state index in [4.69, 9.17) is 4.74 Å². The van der Waals surface area contributed by atoms with Gasteiger partial charge in [0.25, 0.3) is 0 Å². The fourth-order valence-corrected chi connectivity index (χ4v) is 2.65. The number of nitrogens with one attached hydrogen (secondary N) is 2. The topological polar surface area (TPSA) is 67.0 Å². The van der Waals surface area contributed by atoms with Gasteiger partial charge in [0.1, 0.15) is 11.6 Å². The molecule has 0 unspecified atom stereocenters. The molecular weight excluding hydrogens is 314 g/mol. The molecule has 0 aliphatic rings. The van der Waals surface area contributed by atoms with Crippen molar-refractivity contribution in [3.05, 3.63) is 59.4 Å². The first-order chi connectivity index (χ1) is 12.0. The first kappa shape index (κ1) is 17.0. The molecule has 0 saturated carbocycles. The third-order valence-corrected chi connectivity index (χ3v) is 4.12. The number of benzene rings is 2.